The fraction of sp³-hybridized carbons (Fsp3) is 0.385. The third kappa shape index (κ3) is 4.17. The van der Waals surface area contributed by atoms with Crippen molar-refractivity contribution in [2.24, 2.45) is 0 Å². The second-order valence-corrected chi connectivity index (χ2v) is 3.75. The van der Waals surface area contributed by atoms with Crippen molar-refractivity contribution in [2.45, 2.75) is 26.6 Å². The third-order valence-corrected chi connectivity index (χ3v) is 2.42. The lowest BCUT2D eigenvalue weighted by molar-refractivity contribution is -0.142. The predicted molar refractivity (Wildman–Crippen MR) is 64.0 cm³/mol. The highest BCUT2D eigenvalue weighted by molar-refractivity contribution is 5.73. The van der Waals surface area contributed by atoms with E-state index >= 15 is 0 Å². The molecule has 1 N–H and O–H groups in total. The molecule has 0 unspecified atom stereocenters. The van der Waals surface area contributed by atoms with E-state index in [1.165, 1.54) is 12.1 Å². The van der Waals surface area contributed by atoms with Gasteiger partial charge in [0.1, 0.15) is 5.75 Å². The standard InChI is InChI=1S/C13H13F2NO4/c1-2-19-12(18)5-8-3-9(6-16)10(7-17)11(4-8)20-13(14)15/h3-4,13,17H,2,5,7H2,1H3. The molecule has 20 heavy (non-hydrogen) atoms. The van der Waals surface area contributed by atoms with E-state index < -0.39 is 19.2 Å². The van der Waals surface area contributed by atoms with E-state index in [-0.39, 0.29) is 29.9 Å². The lowest BCUT2D eigenvalue weighted by Crippen LogP contribution is -2.10. The van der Waals surface area contributed by atoms with Gasteiger partial charge in [0.2, 0.25) is 0 Å². The van der Waals surface area contributed by atoms with Gasteiger partial charge in [0.25, 0.3) is 0 Å². The number of nitrogens with zero attached hydrogens (tertiary/aromatic N) is 1. The van der Waals surface area contributed by atoms with Gasteiger partial charge in [-0.25, -0.2) is 0 Å². The number of carbonyl (C=O) groups is 1. The van der Waals surface area contributed by atoms with Crippen molar-refractivity contribution in [1.82, 2.24) is 0 Å². The van der Waals surface area contributed by atoms with Gasteiger partial charge in [-0.3, -0.25) is 4.79 Å². The normalized spacial score (nSPS) is 10.2. The second-order valence-electron chi connectivity index (χ2n) is 3.75. The smallest absolute Gasteiger partial charge is 0.387 e. The summed E-state index contributed by atoms with van der Waals surface area (Å²) in [5.74, 6) is -0.864. The number of hydrogen-bond acceptors (Lipinski definition) is 5. The summed E-state index contributed by atoms with van der Waals surface area (Å²) >= 11 is 0. The molecule has 0 aliphatic rings. The molecular weight excluding hydrogens is 272 g/mol. The van der Waals surface area contributed by atoms with E-state index in [0.29, 0.717) is 5.56 Å². The molecule has 0 amide bonds. The first kappa shape index (κ1) is 15.9. The van der Waals surface area contributed by atoms with E-state index in [4.69, 9.17) is 15.1 Å². The highest BCUT2D eigenvalue weighted by Crippen LogP contribution is 2.26. The molecule has 7 heteroatoms. The summed E-state index contributed by atoms with van der Waals surface area (Å²) in [4.78, 5) is 11.4. The molecule has 0 bridgehead atoms. The van der Waals surface area contributed by atoms with Crippen LogP contribution in [0.1, 0.15) is 23.6 Å². The summed E-state index contributed by atoms with van der Waals surface area (Å²) in [5.41, 5.74) is 0.234. The molecule has 1 rings (SSSR count). The summed E-state index contributed by atoms with van der Waals surface area (Å²) in [6.45, 7) is -1.88. The summed E-state index contributed by atoms with van der Waals surface area (Å²) in [6.07, 6.45) is -0.173. The molecule has 1 aromatic rings. The number of alkyl halides is 2. The fourth-order valence-electron chi connectivity index (χ4n) is 1.65. The zero-order valence-corrected chi connectivity index (χ0v) is 10.7. The number of halogens is 2. The van der Waals surface area contributed by atoms with Crippen LogP contribution in [-0.2, 0) is 22.6 Å². The minimum atomic E-state index is -3.09. The topological polar surface area (TPSA) is 79.6 Å². The summed E-state index contributed by atoms with van der Waals surface area (Å²) in [7, 11) is 0. The molecule has 0 atom stereocenters. The molecule has 0 radical (unpaired) electrons. The van der Waals surface area contributed by atoms with Gasteiger partial charge in [-0.1, -0.05) is 0 Å². The Bertz CT molecular complexity index is 526. The largest absolute Gasteiger partial charge is 0.466 e. The molecule has 0 saturated carbocycles. The molecule has 1 aromatic carbocycles. The maximum absolute atomic E-state index is 12.3. The molecule has 0 spiro atoms. The van der Waals surface area contributed by atoms with Gasteiger partial charge >= 0.3 is 12.6 Å². The Morgan fingerprint density at radius 1 is 1.50 bits per heavy atom. The highest BCUT2D eigenvalue weighted by atomic mass is 19.3. The van der Waals surface area contributed by atoms with Crippen LogP contribution in [0.25, 0.3) is 0 Å². The maximum atomic E-state index is 12.3. The van der Waals surface area contributed by atoms with Crippen LogP contribution in [-0.4, -0.2) is 24.3 Å². The van der Waals surface area contributed by atoms with Crippen molar-refractivity contribution >= 4 is 5.97 Å². The number of nitriles is 1. The van der Waals surface area contributed by atoms with Crippen LogP contribution in [0.4, 0.5) is 8.78 Å². The first-order chi connectivity index (χ1) is 9.51. The summed E-state index contributed by atoms with van der Waals surface area (Å²) in [5, 5.41) is 18.1. The first-order valence-electron chi connectivity index (χ1n) is 5.79. The molecule has 0 aromatic heterocycles. The fourth-order valence-corrected chi connectivity index (χ4v) is 1.65. The Balaban J connectivity index is 3.14. The van der Waals surface area contributed by atoms with Gasteiger partial charge in [0.05, 0.1) is 31.3 Å². The minimum absolute atomic E-state index is 0.0232. The number of aliphatic hydroxyl groups is 1. The van der Waals surface area contributed by atoms with Crippen molar-refractivity contribution in [2.75, 3.05) is 6.61 Å². The van der Waals surface area contributed by atoms with E-state index in [1.54, 1.807) is 13.0 Å². The highest BCUT2D eigenvalue weighted by Gasteiger charge is 2.16. The number of esters is 1. The Hall–Kier alpha value is -2.20. The monoisotopic (exact) mass is 285 g/mol. The molecule has 0 heterocycles. The predicted octanol–water partition coefficient (Wildman–Crippen LogP) is 1.76. The molecule has 0 saturated heterocycles. The molecule has 0 fully saturated rings. The van der Waals surface area contributed by atoms with E-state index in [1.807, 2.05) is 0 Å². The van der Waals surface area contributed by atoms with Crippen LogP contribution < -0.4 is 4.74 Å². The Morgan fingerprint density at radius 2 is 2.20 bits per heavy atom. The minimum Gasteiger partial charge on any atom is -0.466 e. The van der Waals surface area contributed by atoms with E-state index in [9.17, 15) is 13.6 Å². The number of aliphatic hydroxyl groups excluding tert-OH is 1. The number of hydrogen-bond donors (Lipinski definition) is 1. The second kappa shape index (κ2) is 7.40. The maximum Gasteiger partial charge on any atom is 0.387 e. The average molecular weight is 285 g/mol. The quantitative estimate of drug-likeness (QED) is 0.806. The SMILES string of the molecule is CCOC(=O)Cc1cc(C#N)c(CO)c(OC(F)F)c1. The van der Waals surface area contributed by atoms with Gasteiger partial charge in [0, 0.05) is 5.56 Å². The van der Waals surface area contributed by atoms with Gasteiger partial charge < -0.3 is 14.6 Å². The van der Waals surface area contributed by atoms with Gasteiger partial charge in [0.15, 0.2) is 0 Å². The van der Waals surface area contributed by atoms with Crippen LogP contribution in [0.2, 0.25) is 0 Å². The van der Waals surface area contributed by atoms with E-state index in [0.717, 1.165) is 0 Å². The lowest BCUT2D eigenvalue weighted by atomic mass is 10.0. The van der Waals surface area contributed by atoms with Crippen molar-refractivity contribution < 1.29 is 28.2 Å². The number of carbonyl (C=O) groups excluding carboxylic acids is 1. The Kier molecular flexibility index (Phi) is 5.87. The Labute approximate surface area is 114 Å². The summed E-state index contributed by atoms with van der Waals surface area (Å²) < 4.78 is 33.6. The van der Waals surface area contributed by atoms with Gasteiger partial charge in [-0.15, -0.1) is 0 Å². The van der Waals surface area contributed by atoms with E-state index in [2.05, 4.69) is 4.74 Å². The number of benzene rings is 1. The number of ether oxygens (including phenoxy) is 2. The van der Waals surface area contributed by atoms with Crippen LogP contribution in [0.5, 0.6) is 5.75 Å². The summed E-state index contributed by atoms with van der Waals surface area (Å²) in [6, 6.07) is 4.29. The lowest BCUT2D eigenvalue weighted by Gasteiger charge is -2.12. The third-order valence-electron chi connectivity index (χ3n) is 2.42. The first-order valence-corrected chi connectivity index (χ1v) is 5.79. The van der Waals surface area contributed by atoms with Crippen molar-refractivity contribution in [3.63, 3.8) is 0 Å². The number of rotatable bonds is 6. The molecular formula is C13H13F2NO4. The molecule has 5 nitrogen and oxygen atoms in total. The molecule has 0 aliphatic heterocycles. The van der Waals surface area contributed by atoms with Gasteiger partial charge in [-0.2, -0.15) is 14.0 Å². The van der Waals surface area contributed by atoms with Crippen molar-refractivity contribution in [3.05, 3.63) is 28.8 Å². The average Bonchev–Trinajstić information content (AvgIpc) is 2.37. The zero-order chi connectivity index (χ0) is 15.1. The van der Waals surface area contributed by atoms with Crippen molar-refractivity contribution in [3.8, 4) is 11.8 Å². The van der Waals surface area contributed by atoms with Crippen LogP contribution in [0, 0.1) is 11.3 Å². The van der Waals surface area contributed by atoms with Crippen molar-refractivity contribution in [1.29, 1.82) is 5.26 Å². The Morgan fingerprint density at radius 3 is 2.70 bits per heavy atom. The zero-order valence-electron chi connectivity index (χ0n) is 10.7. The van der Waals surface area contributed by atoms with Gasteiger partial charge in [-0.05, 0) is 24.6 Å². The van der Waals surface area contributed by atoms with Crippen LogP contribution in [0.3, 0.4) is 0 Å². The van der Waals surface area contributed by atoms with Crippen LogP contribution in [0.15, 0.2) is 12.1 Å². The molecule has 0 aliphatic carbocycles. The van der Waals surface area contributed by atoms with Crippen LogP contribution >= 0.6 is 0 Å². The molecule has 108 valence electrons.